The van der Waals surface area contributed by atoms with Crippen molar-refractivity contribution in [3.05, 3.63) is 15.6 Å². The summed E-state index contributed by atoms with van der Waals surface area (Å²) in [6.45, 7) is 2.82. The van der Waals surface area contributed by atoms with E-state index in [1.807, 2.05) is 0 Å². The van der Waals surface area contributed by atoms with Crippen LogP contribution in [0.25, 0.3) is 0 Å². The standard InChI is InChI=1S/C20H24N4O6S/c1-29-10-4-21-12-11-13(25)17-15(16(12)26)22-18(31-17)20(28)24-7-5-23(6-8-24)19(27)14-3-2-9-30-14/h14H,2-11H2,1H3. The van der Waals surface area contributed by atoms with Crippen molar-refractivity contribution in [1.82, 2.24) is 14.8 Å². The number of hydrogen-bond donors (Lipinski definition) is 0. The number of rotatable bonds is 5. The number of ketones is 2. The summed E-state index contributed by atoms with van der Waals surface area (Å²) in [5.74, 6) is -1.02. The molecule has 10 nitrogen and oxygen atoms in total. The molecule has 2 saturated heterocycles. The number of piperazine rings is 1. The maximum absolute atomic E-state index is 12.9. The van der Waals surface area contributed by atoms with E-state index in [2.05, 4.69) is 9.98 Å². The van der Waals surface area contributed by atoms with Crippen LogP contribution in [0.5, 0.6) is 0 Å². The first-order valence-electron chi connectivity index (χ1n) is 10.3. The highest BCUT2D eigenvalue weighted by Crippen LogP contribution is 2.27. The van der Waals surface area contributed by atoms with Gasteiger partial charge in [0.05, 0.1) is 25.3 Å². The number of ether oxygens (including phenoxy) is 2. The normalized spacial score (nSPS) is 22.9. The second kappa shape index (κ2) is 9.33. The third-order valence-electron chi connectivity index (χ3n) is 5.55. The third kappa shape index (κ3) is 4.43. The van der Waals surface area contributed by atoms with Crippen LogP contribution >= 0.6 is 11.3 Å². The summed E-state index contributed by atoms with van der Waals surface area (Å²) in [6, 6.07) is 0. The first-order valence-corrected chi connectivity index (χ1v) is 11.1. The SMILES string of the molecule is COCCN=C1CC(=O)c2sc(C(=O)N3CCN(C(=O)C4CCCO4)CC3)nc2C1=O. The molecule has 1 atom stereocenters. The zero-order valence-electron chi connectivity index (χ0n) is 17.3. The number of fused-ring (bicyclic) bond motifs is 1. The van der Waals surface area contributed by atoms with Crippen molar-refractivity contribution in [2.75, 3.05) is 53.0 Å². The summed E-state index contributed by atoms with van der Waals surface area (Å²) in [7, 11) is 1.53. The van der Waals surface area contributed by atoms with Gasteiger partial charge in [-0.2, -0.15) is 0 Å². The van der Waals surface area contributed by atoms with Gasteiger partial charge in [0.1, 0.15) is 16.7 Å². The van der Waals surface area contributed by atoms with Crippen molar-refractivity contribution < 1.29 is 28.7 Å². The van der Waals surface area contributed by atoms with Crippen LogP contribution in [0.3, 0.4) is 0 Å². The molecule has 1 aromatic rings. The second-order valence-corrected chi connectivity index (χ2v) is 8.57. The first kappa shape index (κ1) is 21.7. The molecule has 1 unspecified atom stereocenters. The summed E-state index contributed by atoms with van der Waals surface area (Å²) in [5.41, 5.74) is 0.160. The van der Waals surface area contributed by atoms with Crippen molar-refractivity contribution >= 4 is 40.4 Å². The Kier molecular flexibility index (Phi) is 6.54. The Labute approximate surface area is 183 Å². The number of thiazole rings is 1. The van der Waals surface area contributed by atoms with Gasteiger partial charge in [-0.25, -0.2) is 4.98 Å². The number of aromatic nitrogens is 1. The molecule has 3 aliphatic rings. The third-order valence-corrected chi connectivity index (χ3v) is 6.63. The molecule has 0 N–H and O–H groups in total. The highest BCUT2D eigenvalue weighted by atomic mass is 32.1. The lowest BCUT2D eigenvalue weighted by Gasteiger charge is -2.35. The number of carbonyl (C=O) groups excluding carboxylic acids is 4. The quantitative estimate of drug-likeness (QED) is 0.601. The Morgan fingerprint density at radius 3 is 2.65 bits per heavy atom. The smallest absolute Gasteiger partial charge is 0.282 e. The van der Waals surface area contributed by atoms with Gasteiger partial charge >= 0.3 is 0 Å². The lowest BCUT2D eigenvalue weighted by molar-refractivity contribution is -0.142. The lowest BCUT2D eigenvalue weighted by Crippen LogP contribution is -2.52. The van der Waals surface area contributed by atoms with Crippen molar-refractivity contribution in [2.24, 2.45) is 4.99 Å². The fraction of sp³-hybridized carbons (Fsp3) is 0.600. The Hall–Kier alpha value is -2.50. The summed E-state index contributed by atoms with van der Waals surface area (Å²) >= 11 is 0.954. The molecule has 11 heteroatoms. The van der Waals surface area contributed by atoms with Crippen LogP contribution in [0.4, 0.5) is 0 Å². The van der Waals surface area contributed by atoms with Crippen LogP contribution in [-0.2, 0) is 14.3 Å². The van der Waals surface area contributed by atoms with Crippen LogP contribution in [0, 0.1) is 0 Å². The zero-order valence-corrected chi connectivity index (χ0v) is 18.1. The predicted molar refractivity (Wildman–Crippen MR) is 111 cm³/mol. The molecular formula is C20H24N4O6S. The van der Waals surface area contributed by atoms with Gasteiger partial charge in [0, 0.05) is 39.9 Å². The van der Waals surface area contributed by atoms with E-state index in [1.165, 1.54) is 7.11 Å². The minimum Gasteiger partial charge on any atom is -0.383 e. The van der Waals surface area contributed by atoms with Crippen LogP contribution in [0.1, 0.15) is 49.2 Å². The molecule has 2 fully saturated rings. The van der Waals surface area contributed by atoms with Crippen LogP contribution in [0.15, 0.2) is 4.99 Å². The highest BCUT2D eigenvalue weighted by Gasteiger charge is 2.36. The van der Waals surface area contributed by atoms with Crippen LogP contribution in [-0.4, -0.2) is 103 Å². The topological polar surface area (TPSA) is 118 Å². The maximum atomic E-state index is 12.9. The van der Waals surface area contributed by atoms with E-state index in [0.29, 0.717) is 39.4 Å². The number of nitrogens with zero attached hydrogens (tertiary/aromatic N) is 4. The van der Waals surface area contributed by atoms with Crippen molar-refractivity contribution in [3.8, 4) is 0 Å². The average Bonchev–Trinajstić information content (AvgIpc) is 3.47. The summed E-state index contributed by atoms with van der Waals surface area (Å²) in [5, 5.41) is 0.115. The number of Topliss-reactive ketones (excluding diaryl/α,β-unsaturated/α-hetero) is 2. The zero-order chi connectivity index (χ0) is 22.0. The molecule has 0 saturated carbocycles. The van der Waals surface area contributed by atoms with Gasteiger partial charge in [-0.05, 0) is 12.8 Å². The molecule has 0 bridgehead atoms. The van der Waals surface area contributed by atoms with Crippen LogP contribution in [0.2, 0.25) is 0 Å². The Balaban J connectivity index is 1.42. The molecule has 4 rings (SSSR count). The van der Waals surface area contributed by atoms with E-state index in [-0.39, 0.29) is 58.0 Å². The molecular weight excluding hydrogens is 424 g/mol. The number of aliphatic imine (C=N–C) groups is 1. The minimum absolute atomic E-state index is 0.00737. The van der Waals surface area contributed by atoms with Gasteiger partial charge in [0.15, 0.2) is 10.8 Å². The molecule has 166 valence electrons. The monoisotopic (exact) mass is 448 g/mol. The first-order chi connectivity index (χ1) is 15.0. The van der Waals surface area contributed by atoms with Gasteiger partial charge in [-0.3, -0.25) is 24.2 Å². The van der Waals surface area contributed by atoms with E-state index >= 15 is 0 Å². The second-order valence-electron chi connectivity index (χ2n) is 7.57. The highest BCUT2D eigenvalue weighted by molar-refractivity contribution is 7.16. The van der Waals surface area contributed by atoms with E-state index in [1.54, 1.807) is 9.80 Å². The summed E-state index contributed by atoms with van der Waals surface area (Å²) < 4.78 is 10.4. The minimum atomic E-state index is -0.409. The van der Waals surface area contributed by atoms with Gasteiger partial charge in [0.2, 0.25) is 5.78 Å². The van der Waals surface area contributed by atoms with Crippen molar-refractivity contribution in [2.45, 2.75) is 25.4 Å². The summed E-state index contributed by atoms with van der Waals surface area (Å²) in [6.07, 6.45) is 1.17. The van der Waals surface area contributed by atoms with E-state index in [0.717, 1.165) is 24.2 Å². The number of methoxy groups -OCH3 is 1. The maximum Gasteiger partial charge on any atom is 0.282 e. The predicted octanol–water partition coefficient (Wildman–Crippen LogP) is 0.463. The Morgan fingerprint density at radius 2 is 1.97 bits per heavy atom. The molecule has 2 amide bonds. The average molecular weight is 449 g/mol. The van der Waals surface area contributed by atoms with Crippen LogP contribution < -0.4 is 0 Å². The largest absolute Gasteiger partial charge is 0.383 e. The molecule has 0 spiro atoms. The molecule has 2 aliphatic heterocycles. The fourth-order valence-corrected chi connectivity index (χ4v) is 4.81. The lowest BCUT2D eigenvalue weighted by atomic mass is 9.98. The van der Waals surface area contributed by atoms with E-state index in [9.17, 15) is 19.2 Å². The number of amides is 2. The van der Waals surface area contributed by atoms with Crippen molar-refractivity contribution in [3.63, 3.8) is 0 Å². The number of hydrogen-bond acceptors (Lipinski definition) is 9. The Bertz CT molecular complexity index is 928. The Morgan fingerprint density at radius 1 is 1.23 bits per heavy atom. The number of carbonyl (C=O) groups is 4. The van der Waals surface area contributed by atoms with E-state index < -0.39 is 5.78 Å². The van der Waals surface area contributed by atoms with Gasteiger partial charge in [-0.1, -0.05) is 0 Å². The molecule has 0 aromatic carbocycles. The molecule has 0 radical (unpaired) electrons. The fourth-order valence-electron chi connectivity index (χ4n) is 3.84. The molecule has 3 heterocycles. The van der Waals surface area contributed by atoms with E-state index in [4.69, 9.17) is 9.47 Å². The molecule has 1 aromatic heterocycles. The molecule has 1 aliphatic carbocycles. The van der Waals surface area contributed by atoms with Crippen molar-refractivity contribution in [1.29, 1.82) is 0 Å². The molecule has 31 heavy (non-hydrogen) atoms. The van der Waals surface area contributed by atoms with Gasteiger partial charge < -0.3 is 19.3 Å². The summed E-state index contributed by atoms with van der Waals surface area (Å²) in [4.78, 5) is 62.4. The van der Waals surface area contributed by atoms with Gasteiger partial charge in [0.25, 0.3) is 11.8 Å². The van der Waals surface area contributed by atoms with Gasteiger partial charge in [-0.15, -0.1) is 11.3 Å².